The lowest BCUT2D eigenvalue weighted by Gasteiger charge is -2.05. The second-order valence-corrected chi connectivity index (χ2v) is 4.92. The van der Waals surface area contributed by atoms with Crippen LogP contribution in [-0.2, 0) is 15.6 Å². The standard InChI is InChI=1S/C11H16N2O2S/c1-16(15)8-7-12-9-11(14)13-10-5-3-2-4-6-10/h2-6,12H,7-9H2,1H3,(H,13,14). The Bertz CT molecular complexity index is 354. The highest BCUT2D eigenvalue weighted by atomic mass is 32.2. The number of para-hydroxylation sites is 1. The highest BCUT2D eigenvalue weighted by molar-refractivity contribution is 7.84. The van der Waals surface area contributed by atoms with Gasteiger partial charge in [0.25, 0.3) is 0 Å². The number of benzene rings is 1. The summed E-state index contributed by atoms with van der Waals surface area (Å²) in [5.74, 6) is 0.478. The van der Waals surface area contributed by atoms with Crippen molar-refractivity contribution in [1.82, 2.24) is 5.32 Å². The Morgan fingerprint density at radius 3 is 2.62 bits per heavy atom. The van der Waals surface area contributed by atoms with E-state index >= 15 is 0 Å². The van der Waals surface area contributed by atoms with Crippen LogP contribution in [0.3, 0.4) is 0 Å². The number of anilines is 1. The van der Waals surface area contributed by atoms with Crippen molar-refractivity contribution in [2.45, 2.75) is 0 Å². The van der Waals surface area contributed by atoms with Crippen molar-refractivity contribution >= 4 is 22.4 Å². The van der Waals surface area contributed by atoms with Gasteiger partial charge >= 0.3 is 0 Å². The van der Waals surface area contributed by atoms with Crippen LogP contribution in [0.2, 0.25) is 0 Å². The van der Waals surface area contributed by atoms with E-state index in [0.29, 0.717) is 12.3 Å². The quantitative estimate of drug-likeness (QED) is 0.716. The molecule has 0 radical (unpaired) electrons. The fourth-order valence-corrected chi connectivity index (χ4v) is 1.58. The van der Waals surface area contributed by atoms with E-state index in [2.05, 4.69) is 10.6 Å². The van der Waals surface area contributed by atoms with Crippen molar-refractivity contribution in [2.75, 3.05) is 30.4 Å². The molecule has 0 aromatic heterocycles. The fourth-order valence-electron chi connectivity index (χ4n) is 1.14. The van der Waals surface area contributed by atoms with Crippen molar-refractivity contribution in [2.24, 2.45) is 0 Å². The predicted octanol–water partition coefficient (Wildman–Crippen LogP) is 0.593. The molecule has 0 saturated heterocycles. The molecule has 4 nitrogen and oxygen atoms in total. The van der Waals surface area contributed by atoms with E-state index in [1.165, 1.54) is 0 Å². The highest BCUT2D eigenvalue weighted by Crippen LogP contribution is 2.03. The highest BCUT2D eigenvalue weighted by Gasteiger charge is 2.00. The lowest BCUT2D eigenvalue weighted by Crippen LogP contribution is -2.30. The van der Waals surface area contributed by atoms with Gasteiger partial charge in [-0.15, -0.1) is 0 Å². The second kappa shape index (κ2) is 7.14. The van der Waals surface area contributed by atoms with Crippen LogP contribution in [0.15, 0.2) is 30.3 Å². The van der Waals surface area contributed by atoms with E-state index in [0.717, 1.165) is 5.69 Å². The van der Waals surface area contributed by atoms with Crippen LogP contribution in [0.5, 0.6) is 0 Å². The first-order valence-corrected chi connectivity index (χ1v) is 6.77. The summed E-state index contributed by atoms with van der Waals surface area (Å²) in [5.41, 5.74) is 0.786. The Hall–Kier alpha value is -1.20. The molecule has 1 atom stereocenters. The maximum absolute atomic E-state index is 11.4. The van der Waals surface area contributed by atoms with E-state index in [9.17, 15) is 9.00 Å². The van der Waals surface area contributed by atoms with Crippen LogP contribution in [0, 0.1) is 0 Å². The summed E-state index contributed by atoms with van der Waals surface area (Å²) >= 11 is 0. The number of hydrogen-bond donors (Lipinski definition) is 2. The first-order chi connectivity index (χ1) is 7.68. The molecule has 1 unspecified atom stereocenters. The normalized spacial score (nSPS) is 12.1. The molecule has 0 heterocycles. The number of rotatable bonds is 6. The van der Waals surface area contributed by atoms with Gasteiger partial charge in [0.05, 0.1) is 6.54 Å². The maximum atomic E-state index is 11.4. The van der Waals surface area contributed by atoms with Crippen LogP contribution in [-0.4, -0.2) is 35.2 Å². The van der Waals surface area contributed by atoms with E-state index in [4.69, 9.17) is 0 Å². The smallest absolute Gasteiger partial charge is 0.238 e. The molecule has 0 aliphatic rings. The largest absolute Gasteiger partial charge is 0.325 e. The van der Waals surface area contributed by atoms with Crippen molar-refractivity contribution in [3.05, 3.63) is 30.3 Å². The number of hydrogen-bond acceptors (Lipinski definition) is 3. The summed E-state index contributed by atoms with van der Waals surface area (Å²) in [6.07, 6.45) is 1.64. The lowest BCUT2D eigenvalue weighted by molar-refractivity contribution is -0.115. The molecule has 1 aromatic rings. The van der Waals surface area contributed by atoms with Gasteiger partial charge in [0.15, 0.2) is 0 Å². The molecular formula is C11H16N2O2S. The van der Waals surface area contributed by atoms with E-state index in [1.54, 1.807) is 6.26 Å². The van der Waals surface area contributed by atoms with Crippen molar-refractivity contribution in [1.29, 1.82) is 0 Å². The molecule has 0 aliphatic heterocycles. The Kier molecular flexibility index (Phi) is 5.74. The topological polar surface area (TPSA) is 58.2 Å². The SMILES string of the molecule is CS(=O)CCNCC(=O)Nc1ccccc1. The van der Waals surface area contributed by atoms with Crippen LogP contribution < -0.4 is 10.6 Å². The van der Waals surface area contributed by atoms with Gasteiger partial charge < -0.3 is 10.6 Å². The van der Waals surface area contributed by atoms with Gasteiger partial charge in [0, 0.05) is 35.0 Å². The predicted molar refractivity (Wildman–Crippen MR) is 66.9 cm³/mol. The van der Waals surface area contributed by atoms with Gasteiger partial charge in [0.2, 0.25) is 5.91 Å². The van der Waals surface area contributed by atoms with E-state index in [1.807, 2.05) is 30.3 Å². The Morgan fingerprint density at radius 2 is 2.00 bits per heavy atom. The summed E-state index contributed by atoms with van der Waals surface area (Å²) in [5, 5.41) is 5.68. The Balaban J connectivity index is 2.19. The summed E-state index contributed by atoms with van der Waals surface area (Å²) in [7, 11) is -0.812. The summed E-state index contributed by atoms with van der Waals surface area (Å²) in [6, 6.07) is 9.29. The van der Waals surface area contributed by atoms with Crippen LogP contribution in [0.1, 0.15) is 0 Å². The maximum Gasteiger partial charge on any atom is 0.238 e. The summed E-state index contributed by atoms with van der Waals surface area (Å²) in [4.78, 5) is 11.4. The molecule has 16 heavy (non-hydrogen) atoms. The molecule has 0 fully saturated rings. The lowest BCUT2D eigenvalue weighted by atomic mass is 10.3. The minimum absolute atomic E-state index is 0.0897. The molecule has 1 rings (SSSR count). The van der Waals surface area contributed by atoms with Crippen LogP contribution >= 0.6 is 0 Å². The fraction of sp³-hybridized carbons (Fsp3) is 0.364. The van der Waals surface area contributed by atoms with Crippen LogP contribution in [0.25, 0.3) is 0 Å². The number of nitrogens with one attached hydrogen (secondary N) is 2. The van der Waals surface area contributed by atoms with Gasteiger partial charge in [-0.1, -0.05) is 18.2 Å². The van der Waals surface area contributed by atoms with Crippen molar-refractivity contribution < 1.29 is 9.00 Å². The third-order valence-electron chi connectivity index (χ3n) is 1.91. The molecule has 0 aliphatic carbocycles. The minimum atomic E-state index is -0.812. The van der Waals surface area contributed by atoms with Gasteiger partial charge in [-0.2, -0.15) is 0 Å². The molecule has 0 bridgehead atoms. The first kappa shape index (κ1) is 12.9. The van der Waals surface area contributed by atoms with Gasteiger partial charge in [-0.3, -0.25) is 9.00 Å². The van der Waals surface area contributed by atoms with Crippen molar-refractivity contribution in [3.8, 4) is 0 Å². The van der Waals surface area contributed by atoms with Gasteiger partial charge in [-0.25, -0.2) is 0 Å². The zero-order valence-electron chi connectivity index (χ0n) is 9.23. The number of carbonyl (C=O) groups excluding carboxylic acids is 1. The summed E-state index contributed by atoms with van der Waals surface area (Å²) in [6.45, 7) is 0.831. The molecule has 2 N–H and O–H groups in total. The van der Waals surface area contributed by atoms with Gasteiger partial charge in [0.1, 0.15) is 0 Å². The Morgan fingerprint density at radius 1 is 1.31 bits per heavy atom. The van der Waals surface area contributed by atoms with E-state index in [-0.39, 0.29) is 12.5 Å². The first-order valence-electron chi connectivity index (χ1n) is 5.04. The third-order valence-corrected chi connectivity index (χ3v) is 2.69. The van der Waals surface area contributed by atoms with Crippen LogP contribution in [0.4, 0.5) is 5.69 Å². The molecule has 1 amide bonds. The average molecular weight is 240 g/mol. The minimum Gasteiger partial charge on any atom is -0.325 e. The van der Waals surface area contributed by atoms with E-state index < -0.39 is 10.8 Å². The number of carbonyl (C=O) groups is 1. The Labute approximate surface area is 97.9 Å². The van der Waals surface area contributed by atoms with Gasteiger partial charge in [-0.05, 0) is 12.1 Å². The average Bonchev–Trinajstić information content (AvgIpc) is 2.25. The zero-order chi connectivity index (χ0) is 11.8. The molecular weight excluding hydrogens is 224 g/mol. The molecule has 1 aromatic carbocycles. The summed E-state index contributed by atoms with van der Waals surface area (Å²) < 4.78 is 10.8. The third kappa shape index (κ3) is 5.63. The number of amides is 1. The molecule has 0 spiro atoms. The zero-order valence-corrected chi connectivity index (χ0v) is 10.0. The molecule has 88 valence electrons. The van der Waals surface area contributed by atoms with Crippen molar-refractivity contribution in [3.63, 3.8) is 0 Å². The molecule has 0 saturated carbocycles. The second-order valence-electron chi connectivity index (χ2n) is 3.37. The monoisotopic (exact) mass is 240 g/mol. The molecule has 5 heteroatoms.